The molecule has 0 aromatic heterocycles. The lowest BCUT2D eigenvalue weighted by atomic mass is 10.1. The van der Waals surface area contributed by atoms with Crippen LogP contribution in [0.3, 0.4) is 0 Å². The molecule has 1 rings (SSSR count). The second-order valence-corrected chi connectivity index (χ2v) is 5.73. The van der Waals surface area contributed by atoms with Gasteiger partial charge in [0.05, 0.1) is 0 Å². The van der Waals surface area contributed by atoms with E-state index in [4.69, 9.17) is 11.6 Å². The molecule has 0 atom stereocenters. The van der Waals surface area contributed by atoms with Crippen LogP contribution in [0, 0.1) is 5.82 Å². The Morgan fingerprint density at radius 2 is 2.00 bits per heavy atom. The Labute approximate surface area is 91.8 Å². The molecule has 6 heteroatoms. The number of hydrogen-bond acceptors (Lipinski definition) is 3. The molecule has 0 unspecified atom stereocenters. The number of carbonyl (C=O) groups is 1. The van der Waals surface area contributed by atoms with Crippen molar-refractivity contribution in [2.24, 2.45) is 0 Å². The normalized spacial score (nSPS) is 11.4. The quantitative estimate of drug-likeness (QED) is 0.768. The van der Waals surface area contributed by atoms with Gasteiger partial charge in [0.25, 0.3) is 0 Å². The maximum absolute atomic E-state index is 12.8. The van der Waals surface area contributed by atoms with Crippen LogP contribution in [0.1, 0.15) is 10.4 Å². The van der Waals surface area contributed by atoms with Crippen molar-refractivity contribution in [2.45, 2.75) is 0 Å². The molecule has 0 saturated heterocycles. The summed E-state index contributed by atoms with van der Waals surface area (Å²) in [5.74, 6) is -1.98. The molecule has 0 radical (unpaired) electrons. The second-order valence-electron chi connectivity index (χ2n) is 3.15. The molecule has 0 aliphatic carbocycles. The highest BCUT2D eigenvalue weighted by molar-refractivity contribution is 7.91. The zero-order valence-corrected chi connectivity index (χ0v) is 9.40. The average Bonchev–Trinajstić information content (AvgIpc) is 1.98. The van der Waals surface area contributed by atoms with Gasteiger partial charge in [-0.3, -0.25) is 4.79 Å². The molecule has 0 heterocycles. The Bertz CT molecular complexity index is 476. The zero-order chi connectivity index (χ0) is 11.6. The summed E-state index contributed by atoms with van der Waals surface area (Å²) in [5.41, 5.74) is -0.0366. The van der Waals surface area contributed by atoms with Crippen molar-refractivity contribution in [1.82, 2.24) is 0 Å². The number of sulfone groups is 1. The van der Waals surface area contributed by atoms with Crippen LogP contribution in [0.4, 0.5) is 4.39 Å². The van der Waals surface area contributed by atoms with Gasteiger partial charge in [-0.2, -0.15) is 0 Å². The van der Waals surface area contributed by atoms with Gasteiger partial charge >= 0.3 is 0 Å². The lowest BCUT2D eigenvalue weighted by Gasteiger charge is -2.00. The van der Waals surface area contributed by atoms with Gasteiger partial charge in [-0.15, -0.1) is 0 Å². The first kappa shape index (κ1) is 12.1. The smallest absolute Gasteiger partial charge is 0.178 e. The highest BCUT2D eigenvalue weighted by atomic mass is 35.5. The van der Waals surface area contributed by atoms with Gasteiger partial charge < -0.3 is 0 Å². The number of Topliss-reactive ketones (excluding diaryl/α,β-unsaturated/α-hetero) is 1. The molecule has 0 N–H and O–H groups in total. The maximum atomic E-state index is 12.8. The molecular weight excluding hydrogens is 243 g/mol. The van der Waals surface area contributed by atoms with Crippen LogP contribution < -0.4 is 0 Å². The van der Waals surface area contributed by atoms with E-state index in [-0.39, 0.29) is 10.6 Å². The van der Waals surface area contributed by atoms with Crippen LogP contribution in [-0.2, 0) is 9.84 Å². The lowest BCUT2D eigenvalue weighted by Crippen LogP contribution is -2.14. The molecule has 0 spiro atoms. The summed E-state index contributed by atoms with van der Waals surface area (Å²) < 4.78 is 34.5. The third-order valence-corrected chi connectivity index (χ3v) is 2.58. The molecule has 0 aliphatic heterocycles. The fourth-order valence-electron chi connectivity index (χ4n) is 1.04. The molecular formula is C9H8ClFO3S. The monoisotopic (exact) mass is 250 g/mol. The highest BCUT2D eigenvalue weighted by Gasteiger charge is 2.14. The summed E-state index contributed by atoms with van der Waals surface area (Å²) in [5, 5.41) is 0.0619. The summed E-state index contributed by atoms with van der Waals surface area (Å²) >= 11 is 5.52. The molecule has 0 fully saturated rings. The maximum Gasteiger partial charge on any atom is 0.178 e. The number of ketones is 1. The lowest BCUT2D eigenvalue weighted by molar-refractivity contribution is 0.102. The summed E-state index contributed by atoms with van der Waals surface area (Å²) in [6.07, 6.45) is 0.936. The number of rotatable bonds is 3. The van der Waals surface area contributed by atoms with Crippen molar-refractivity contribution < 1.29 is 17.6 Å². The van der Waals surface area contributed by atoms with Gasteiger partial charge in [-0.1, -0.05) is 11.6 Å². The molecule has 0 bridgehead atoms. The van der Waals surface area contributed by atoms with Crippen LogP contribution in [0.25, 0.3) is 0 Å². The Kier molecular flexibility index (Phi) is 3.46. The minimum absolute atomic E-state index is 0.0366. The molecule has 1 aromatic carbocycles. The van der Waals surface area contributed by atoms with Crippen molar-refractivity contribution in [3.63, 3.8) is 0 Å². The van der Waals surface area contributed by atoms with E-state index >= 15 is 0 Å². The molecule has 82 valence electrons. The van der Waals surface area contributed by atoms with Crippen molar-refractivity contribution in [2.75, 3.05) is 12.0 Å². The van der Waals surface area contributed by atoms with Crippen LogP contribution in [0.5, 0.6) is 0 Å². The number of halogens is 2. The fraction of sp³-hybridized carbons (Fsp3) is 0.222. The first-order valence-electron chi connectivity index (χ1n) is 3.95. The van der Waals surface area contributed by atoms with Gasteiger partial charge in [0, 0.05) is 16.8 Å². The molecule has 1 aromatic rings. The van der Waals surface area contributed by atoms with Crippen molar-refractivity contribution in [1.29, 1.82) is 0 Å². The topological polar surface area (TPSA) is 51.2 Å². The molecule has 0 amide bonds. The third-order valence-electron chi connectivity index (χ3n) is 1.58. The molecule has 0 saturated carbocycles. The standard InChI is InChI=1S/C9H8ClFO3S/c1-15(13,14)5-9(12)6-2-7(10)4-8(11)3-6/h2-4H,5H2,1H3. The molecule has 3 nitrogen and oxygen atoms in total. The Morgan fingerprint density at radius 3 is 2.47 bits per heavy atom. The summed E-state index contributed by atoms with van der Waals surface area (Å²) in [6.45, 7) is 0. The summed E-state index contributed by atoms with van der Waals surface area (Å²) in [6, 6.07) is 3.23. The third kappa shape index (κ3) is 3.97. The SMILES string of the molecule is CS(=O)(=O)CC(=O)c1cc(F)cc(Cl)c1. The Hall–Kier alpha value is -0.940. The Morgan fingerprint density at radius 1 is 1.40 bits per heavy atom. The number of carbonyl (C=O) groups excluding carboxylic acids is 1. The van der Waals surface area contributed by atoms with E-state index in [9.17, 15) is 17.6 Å². The van der Waals surface area contributed by atoms with Gasteiger partial charge in [0.1, 0.15) is 11.6 Å². The first-order chi connectivity index (χ1) is 6.78. The highest BCUT2D eigenvalue weighted by Crippen LogP contribution is 2.14. The Balaban J connectivity index is 3.02. The van der Waals surface area contributed by atoms with E-state index in [0.717, 1.165) is 18.4 Å². The largest absolute Gasteiger partial charge is 0.293 e. The predicted octanol–water partition coefficient (Wildman–Crippen LogP) is 1.71. The number of hydrogen-bond donors (Lipinski definition) is 0. The van der Waals surface area contributed by atoms with Crippen LogP contribution in [0.15, 0.2) is 18.2 Å². The van der Waals surface area contributed by atoms with Crippen LogP contribution >= 0.6 is 11.6 Å². The second kappa shape index (κ2) is 4.28. The first-order valence-corrected chi connectivity index (χ1v) is 6.39. The summed E-state index contributed by atoms with van der Waals surface area (Å²) in [4.78, 5) is 11.4. The van der Waals surface area contributed by atoms with E-state index in [2.05, 4.69) is 0 Å². The van der Waals surface area contributed by atoms with E-state index in [1.54, 1.807) is 0 Å². The average molecular weight is 251 g/mol. The van der Waals surface area contributed by atoms with E-state index in [0.29, 0.717) is 0 Å². The number of benzene rings is 1. The van der Waals surface area contributed by atoms with Crippen molar-refractivity contribution in [3.05, 3.63) is 34.6 Å². The minimum Gasteiger partial charge on any atom is -0.293 e. The molecule has 15 heavy (non-hydrogen) atoms. The van der Waals surface area contributed by atoms with E-state index < -0.39 is 27.2 Å². The van der Waals surface area contributed by atoms with Crippen molar-refractivity contribution in [3.8, 4) is 0 Å². The van der Waals surface area contributed by atoms with Crippen LogP contribution in [-0.4, -0.2) is 26.2 Å². The van der Waals surface area contributed by atoms with Gasteiger partial charge in [0.15, 0.2) is 15.6 Å². The van der Waals surface area contributed by atoms with E-state index in [1.807, 2.05) is 0 Å². The van der Waals surface area contributed by atoms with Gasteiger partial charge in [-0.25, -0.2) is 12.8 Å². The minimum atomic E-state index is -3.41. The van der Waals surface area contributed by atoms with Crippen LogP contribution in [0.2, 0.25) is 5.02 Å². The predicted molar refractivity (Wildman–Crippen MR) is 55.5 cm³/mol. The van der Waals surface area contributed by atoms with Gasteiger partial charge in [0.2, 0.25) is 0 Å². The molecule has 0 aliphatic rings. The van der Waals surface area contributed by atoms with E-state index in [1.165, 1.54) is 6.07 Å². The zero-order valence-electron chi connectivity index (χ0n) is 7.83. The fourth-order valence-corrected chi connectivity index (χ4v) is 1.90. The van der Waals surface area contributed by atoms with Gasteiger partial charge in [-0.05, 0) is 18.2 Å². The summed E-state index contributed by atoms with van der Waals surface area (Å²) in [7, 11) is -3.41. The van der Waals surface area contributed by atoms with Crippen molar-refractivity contribution >= 4 is 27.2 Å².